The van der Waals surface area contributed by atoms with Gasteiger partial charge in [-0.1, -0.05) is 5.16 Å². The van der Waals surface area contributed by atoms with Crippen molar-refractivity contribution in [3.05, 3.63) is 42.8 Å². The summed E-state index contributed by atoms with van der Waals surface area (Å²) in [6.07, 6.45) is 2.51. The second-order valence-corrected chi connectivity index (χ2v) is 6.00. The van der Waals surface area contributed by atoms with E-state index in [0.717, 1.165) is 11.2 Å². The summed E-state index contributed by atoms with van der Waals surface area (Å²) in [4.78, 5) is 4.49. The zero-order chi connectivity index (χ0) is 14.9. The predicted molar refractivity (Wildman–Crippen MR) is 78.6 cm³/mol. The van der Waals surface area contributed by atoms with Gasteiger partial charge < -0.3 is 9.84 Å². The van der Waals surface area contributed by atoms with Crippen molar-refractivity contribution >= 4 is 32.4 Å². The zero-order valence-electron chi connectivity index (χ0n) is 11.1. The van der Waals surface area contributed by atoms with Gasteiger partial charge in [-0.15, -0.1) is 0 Å². The molecule has 0 fully saturated rings. The van der Waals surface area contributed by atoms with Crippen LogP contribution in [0.5, 0.6) is 0 Å². The van der Waals surface area contributed by atoms with Gasteiger partial charge in [-0.3, -0.25) is 4.72 Å². The molecule has 8 heteroatoms. The monoisotopic (exact) mass is 304 g/mol. The van der Waals surface area contributed by atoms with E-state index < -0.39 is 10.0 Å². The second-order valence-electron chi connectivity index (χ2n) is 4.32. The van der Waals surface area contributed by atoms with Crippen LogP contribution in [0.3, 0.4) is 0 Å². The molecule has 0 aliphatic heterocycles. The molecular weight excluding hydrogens is 292 g/mol. The van der Waals surface area contributed by atoms with Crippen molar-refractivity contribution < 1.29 is 12.9 Å². The lowest BCUT2D eigenvalue weighted by molar-refractivity contribution is 0.420. The van der Waals surface area contributed by atoms with Gasteiger partial charge in [-0.2, -0.15) is 0 Å². The molecule has 0 amide bonds. The molecule has 2 heterocycles. The Labute approximate surface area is 121 Å². The maximum absolute atomic E-state index is 12.3. The molecule has 3 rings (SSSR count). The van der Waals surface area contributed by atoms with Crippen LogP contribution in [0.1, 0.15) is 0 Å². The summed E-state index contributed by atoms with van der Waals surface area (Å²) >= 11 is 0. The molecule has 108 valence electrons. The van der Waals surface area contributed by atoms with Crippen LogP contribution in [-0.2, 0) is 10.0 Å². The first-order valence-electron chi connectivity index (χ1n) is 6.09. The van der Waals surface area contributed by atoms with Gasteiger partial charge in [0, 0.05) is 12.4 Å². The van der Waals surface area contributed by atoms with Crippen LogP contribution in [0.2, 0.25) is 0 Å². The summed E-state index contributed by atoms with van der Waals surface area (Å²) in [6, 6.07) is 8.33. The van der Waals surface area contributed by atoms with E-state index in [1.54, 1.807) is 25.2 Å². The minimum atomic E-state index is -3.68. The molecule has 0 aliphatic carbocycles. The molecule has 0 spiro atoms. The first-order valence-corrected chi connectivity index (χ1v) is 7.57. The fourth-order valence-corrected chi connectivity index (χ4v) is 2.94. The number of fused-ring (bicyclic) bond motifs is 1. The Kier molecular flexibility index (Phi) is 3.22. The van der Waals surface area contributed by atoms with Crippen molar-refractivity contribution in [2.75, 3.05) is 17.1 Å². The van der Waals surface area contributed by atoms with E-state index in [2.05, 4.69) is 24.7 Å². The average molecular weight is 304 g/mol. The third-order valence-electron chi connectivity index (χ3n) is 2.91. The molecule has 0 unspecified atom stereocenters. The number of benzene rings is 1. The number of nitrogens with one attached hydrogen (secondary N) is 2. The lowest BCUT2D eigenvalue weighted by atomic mass is 10.2. The largest absolute Gasteiger partial charge is 0.373 e. The number of nitrogens with zero attached hydrogens (tertiary/aromatic N) is 2. The number of hydrogen-bond donors (Lipinski definition) is 2. The molecule has 21 heavy (non-hydrogen) atoms. The predicted octanol–water partition coefficient (Wildman–Crippen LogP) is 2.07. The molecule has 2 aromatic heterocycles. The lowest BCUT2D eigenvalue weighted by Gasteiger charge is -2.07. The summed E-state index contributed by atoms with van der Waals surface area (Å²) in [6.45, 7) is 0. The highest BCUT2D eigenvalue weighted by Gasteiger charge is 2.15. The van der Waals surface area contributed by atoms with Gasteiger partial charge in [0.25, 0.3) is 10.0 Å². The van der Waals surface area contributed by atoms with Crippen molar-refractivity contribution in [2.45, 2.75) is 4.90 Å². The fraction of sp³-hybridized carbons (Fsp3) is 0.0769. The van der Waals surface area contributed by atoms with Gasteiger partial charge in [0.1, 0.15) is 17.8 Å². The summed E-state index contributed by atoms with van der Waals surface area (Å²) in [5.74, 6) is 0.723. The van der Waals surface area contributed by atoms with Gasteiger partial charge in [0.2, 0.25) is 0 Å². The van der Waals surface area contributed by atoms with Crippen molar-refractivity contribution in [1.29, 1.82) is 0 Å². The van der Waals surface area contributed by atoms with Gasteiger partial charge in [0.15, 0.2) is 0 Å². The molecule has 7 nitrogen and oxygen atoms in total. The van der Waals surface area contributed by atoms with E-state index in [1.807, 2.05) is 6.07 Å². The minimum absolute atomic E-state index is 0.148. The highest BCUT2D eigenvalue weighted by Crippen LogP contribution is 2.21. The fourth-order valence-electron chi connectivity index (χ4n) is 1.88. The smallest absolute Gasteiger partial charge is 0.262 e. The maximum Gasteiger partial charge on any atom is 0.262 e. The Morgan fingerprint density at radius 2 is 2.05 bits per heavy atom. The van der Waals surface area contributed by atoms with Crippen LogP contribution >= 0.6 is 0 Å². The van der Waals surface area contributed by atoms with Crippen LogP contribution in [0, 0.1) is 0 Å². The van der Waals surface area contributed by atoms with Crippen LogP contribution < -0.4 is 10.0 Å². The van der Waals surface area contributed by atoms with Crippen LogP contribution in [0.4, 0.5) is 11.5 Å². The van der Waals surface area contributed by atoms with Gasteiger partial charge in [0.05, 0.1) is 16.6 Å². The summed E-state index contributed by atoms with van der Waals surface area (Å²) in [5, 5.41) is 7.12. The molecule has 0 bridgehead atoms. The number of anilines is 2. The molecule has 1 aromatic carbocycles. The standard InChI is InChI=1S/C13H12N4O3S/c1-14-13-5-2-9-6-11(3-4-12(9)16-13)21(18,19)17-10-7-15-20-8-10/h2-8,17H,1H3,(H,14,16). The van der Waals surface area contributed by atoms with E-state index in [4.69, 9.17) is 0 Å². The maximum atomic E-state index is 12.3. The topological polar surface area (TPSA) is 97.1 Å². The van der Waals surface area contributed by atoms with Crippen molar-refractivity contribution in [2.24, 2.45) is 0 Å². The summed E-state index contributed by atoms with van der Waals surface area (Å²) in [7, 11) is -1.91. The zero-order valence-corrected chi connectivity index (χ0v) is 11.9. The van der Waals surface area contributed by atoms with E-state index in [0.29, 0.717) is 5.52 Å². The molecule has 0 saturated heterocycles. The molecule has 2 N–H and O–H groups in total. The molecule has 0 radical (unpaired) electrons. The third kappa shape index (κ3) is 2.65. The highest BCUT2D eigenvalue weighted by molar-refractivity contribution is 7.92. The molecular formula is C13H12N4O3S. The first kappa shape index (κ1) is 13.4. The normalized spacial score (nSPS) is 11.5. The molecule has 3 aromatic rings. The number of sulfonamides is 1. The van der Waals surface area contributed by atoms with Crippen molar-refractivity contribution in [3.8, 4) is 0 Å². The Hall–Kier alpha value is -2.61. The van der Waals surface area contributed by atoms with Crippen molar-refractivity contribution in [3.63, 3.8) is 0 Å². The van der Waals surface area contributed by atoms with Gasteiger partial charge in [-0.25, -0.2) is 13.4 Å². The summed E-state index contributed by atoms with van der Waals surface area (Å²) in [5.41, 5.74) is 0.990. The van der Waals surface area contributed by atoms with Gasteiger partial charge >= 0.3 is 0 Å². The lowest BCUT2D eigenvalue weighted by Crippen LogP contribution is -2.12. The Morgan fingerprint density at radius 1 is 1.19 bits per heavy atom. The Morgan fingerprint density at radius 3 is 2.76 bits per heavy atom. The van der Waals surface area contributed by atoms with Crippen molar-refractivity contribution in [1.82, 2.24) is 10.1 Å². The first-order chi connectivity index (χ1) is 10.1. The van der Waals surface area contributed by atoms with E-state index in [9.17, 15) is 8.42 Å². The third-order valence-corrected chi connectivity index (χ3v) is 4.29. The van der Waals surface area contributed by atoms with Gasteiger partial charge in [-0.05, 0) is 30.3 Å². The SMILES string of the molecule is CNc1ccc2cc(S(=O)(=O)Nc3cnoc3)ccc2n1. The molecule has 0 saturated carbocycles. The molecule has 0 aliphatic rings. The van der Waals surface area contributed by atoms with Crippen LogP contribution in [-0.4, -0.2) is 25.6 Å². The number of pyridine rings is 1. The minimum Gasteiger partial charge on any atom is -0.373 e. The van der Waals surface area contributed by atoms with E-state index >= 15 is 0 Å². The van der Waals surface area contributed by atoms with E-state index in [-0.39, 0.29) is 10.6 Å². The number of hydrogen-bond acceptors (Lipinski definition) is 6. The quantitative estimate of drug-likeness (QED) is 0.766. The second kappa shape index (κ2) is 5.06. The molecule has 0 atom stereocenters. The average Bonchev–Trinajstić information content (AvgIpc) is 2.98. The Bertz CT molecular complexity index is 876. The van der Waals surface area contributed by atoms with Crippen LogP contribution in [0.25, 0.3) is 10.9 Å². The van der Waals surface area contributed by atoms with Crippen LogP contribution in [0.15, 0.2) is 52.2 Å². The Balaban J connectivity index is 2.00. The summed E-state index contributed by atoms with van der Waals surface area (Å²) < 4.78 is 31.5. The number of rotatable bonds is 4. The van der Waals surface area contributed by atoms with E-state index in [1.165, 1.54) is 18.5 Å². The number of aromatic nitrogens is 2. The highest BCUT2D eigenvalue weighted by atomic mass is 32.2.